The molecule has 1 atom stereocenters. The van der Waals surface area contributed by atoms with Crippen LogP contribution in [0.3, 0.4) is 0 Å². The predicted octanol–water partition coefficient (Wildman–Crippen LogP) is 1.30. The van der Waals surface area contributed by atoms with Crippen molar-refractivity contribution < 1.29 is 23.7 Å². The van der Waals surface area contributed by atoms with Crippen molar-refractivity contribution in [3.05, 3.63) is 23.8 Å². The van der Waals surface area contributed by atoms with Crippen molar-refractivity contribution in [2.45, 2.75) is 25.7 Å². The Hall–Kier alpha value is -1.79. The second kappa shape index (κ2) is 4.96. The summed E-state index contributed by atoms with van der Waals surface area (Å²) in [5.74, 6) is 0.514. The minimum atomic E-state index is -0.575. The average molecular weight is 279 g/mol. The van der Waals surface area contributed by atoms with Gasteiger partial charge in [-0.15, -0.1) is 0 Å². The van der Waals surface area contributed by atoms with E-state index in [1.54, 1.807) is 18.2 Å². The molecule has 108 valence electrons. The van der Waals surface area contributed by atoms with Crippen molar-refractivity contribution in [1.29, 1.82) is 0 Å². The number of hydrogen-bond acceptors (Lipinski definition) is 5. The molecule has 2 heterocycles. The van der Waals surface area contributed by atoms with Gasteiger partial charge >= 0.3 is 0 Å². The Morgan fingerprint density at radius 3 is 2.90 bits per heavy atom. The Balaban J connectivity index is 1.57. The highest BCUT2D eigenvalue weighted by atomic mass is 16.7. The first kappa shape index (κ1) is 13.2. The van der Waals surface area contributed by atoms with Crippen LogP contribution in [0.4, 0.5) is 0 Å². The van der Waals surface area contributed by atoms with E-state index in [0.29, 0.717) is 30.2 Å². The average Bonchev–Trinajstić information content (AvgIpc) is 3.01. The highest BCUT2D eigenvalue weighted by Crippen LogP contribution is 2.32. The lowest BCUT2D eigenvalue weighted by Crippen LogP contribution is -2.34. The fourth-order valence-corrected chi connectivity index (χ4v) is 2.21. The number of fused-ring (bicyclic) bond motifs is 1. The van der Waals surface area contributed by atoms with Crippen LogP contribution in [-0.2, 0) is 9.47 Å². The minimum Gasteiger partial charge on any atom is -0.454 e. The molecular weight excluding hydrogens is 262 g/mol. The molecule has 2 aliphatic rings. The number of carbonyl (C=O) groups excluding carboxylic acids is 1. The number of rotatable bonds is 3. The van der Waals surface area contributed by atoms with Gasteiger partial charge in [-0.2, -0.15) is 0 Å². The first-order valence-corrected chi connectivity index (χ1v) is 6.53. The Morgan fingerprint density at radius 1 is 1.35 bits per heavy atom. The van der Waals surface area contributed by atoms with Crippen molar-refractivity contribution in [2.24, 2.45) is 0 Å². The van der Waals surface area contributed by atoms with E-state index >= 15 is 0 Å². The smallest absolute Gasteiger partial charge is 0.251 e. The van der Waals surface area contributed by atoms with Crippen molar-refractivity contribution >= 4 is 5.91 Å². The van der Waals surface area contributed by atoms with Crippen molar-refractivity contribution in [1.82, 2.24) is 5.32 Å². The fourth-order valence-electron chi connectivity index (χ4n) is 2.21. The molecule has 20 heavy (non-hydrogen) atoms. The zero-order valence-corrected chi connectivity index (χ0v) is 11.5. The second-order valence-corrected chi connectivity index (χ2v) is 5.23. The van der Waals surface area contributed by atoms with Crippen molar-refractivity contribution in [3.63, 3.8) is 0 Å². The van der Waals surface area contributed by atoms with Crippen LogP contribution in [-0.4, -0.2) is 37.7 Å². The quantitative estimate of drug-likeness (QED) is 0.903. The number of benzene rings is 1. The predicted molar refractivity (Wildman–Crippen MR) is 69.8 cm³/mol. The standard InChI is InChI=1S/C14H17NO5/c1-14(2)19-7-10(20-14)6-15-13(16)9-3-4-11-12(5-9)18-8-17-11/h3-5,10H,6-8H2,1-2H3,(H,15,16). The number of carbonyl (C=O) groups is 1. The number of ether oxygens (including phenoxy) is 4. The summed E-state index contributed by atoms with van der Waals surface area (Å²) < 4.78 is 21.5. The van der Waals surface area contributed by atoms with Crippen molar-refractivity contribution in [3.8, 4) is 11.5 Å². The maximum absolute atomic E-state index is 12.1. The Labute approximate surface area is 117 Å². The molecular formula is C14H17NO5. The van der Waals surface area contributed by atoms with Gasteiger partial charge in [0.15, 0.2) is 17.3 Å². The van der Waals surface area contributed by atoms with E-state index in [2.05, 4.69) is 5.32 Å². The van der Waals surface area contributed by atoms with Gasteiger partial charge in [-0.25, -0.2) is 0 Å². The molecule has 6 nitrogen and oxygen atoms in total. The van der Waals surface area contributed by atoms with Crippen LogP contribution in [0.25, 0.3) is 0 Å². The molecule has 1 fully saturated rings. The second-order valence-electron chi connectivity index (χ2n) is 5.23. The lowest BCUT2D eigenvalue weighted by molar-refractivity contribution is -0.137. The summed E-state index contributed by atoms with van der Waals surface area (Å²) in [6.45, 7) is 4.80. The number of hydrogen-bond donors (Lipinski definition) is 1. The summed E-state index contributed by atoms with van der Waals surface area (Å²) in [4.78, 5) is 12.1. The van der Waals surface area contributed by atoms with E-state index in [-0.39, 0.29) is 18.8 Å². The molecule has 6 heteroatoms. The Bertz CT molecular complexity index is 528. The summed E-state index contributed by atoms with van der Waals surface area (Å²) in [5, 5.41) is 2.83. The van der Waals surface area contributed by atoms with Crippen LogP contribution in [0.5, 0.6) is 11.5 Å². The van der Waals surface area contributed by atoms with Crippen molar-refractivity contribution in [2.75, 3.05) is 19.9 Å². The SMILES string of the molecule is CC1(C)OCC(CNC(=O)c2ccc3c(c2)OCO3)O1. The molecule has 0 bridgehead atoms. The largest absolute Gasteiger partial charge is 0.454 e. The molecule has 1 unspecified atom stereocenters. The van der Waals surface area contributed by atoms with Gasteiger partial charge in [-0.3, -0.25) is 4.79 Å². The maximum atomic E-state index is 12.1. The van der Waals surface area contributed by atoms with E-state index < -0.39 is 5.79 Å². The molecule has 0 saturated carbocycles. The summed E-state index contributed by atoms with van der Waals surface area (Å²) in [7, 11) is 0. The van der Waals surface area contributed by atoms with Gasteiger partial charge in [0, 0.05) is 12.1 Å². The van der Waals surface area contributed by atoms with E-state index in [1.165, 1.54) is 0 Å². The summed E-state index contributed by atoms with van der Waals surface area (Å²) in [6, 6.07) is 5.11. The summed E-state index contributed by atoms with van der Waals surface area (Å²) in [5.41, 5.74) is 0.535. The molecule has 1 N–H and O–H groups in total. The molecule has 1 aromatic carbocycles. The van der Waals surface area contributed by atoms with E-state index in [0.717, 1.165) is 0 Å². The first-order valence-electron chi connectivity index (χ1n) is 6.53. The van der Waals surface area contributed by atoms with Gasteiger partial charge in [-0.05, 0) is 32.0 Å². The monoisotopic (exact) mass is 279 g/mol. The fraction of sp³-hybridized carbons (Fsp3) is 0.500. The van der Waals surface area contributed by atoms with E-state index in [9.17, 15) is 4.79 Å². The van der Waals surface area contributed by atoms with Gasteiger partial charge in [0.25, 0.3) is 5.91 Å². The van der Waals surface area contributed by atoms with Crippen LogP contribution in [0.1, 0.15) is 24.2 Å². The number of amides is 1. The molecule has 1 aromatic rings. The van der Waals surface area contributed by atoms with Gasteiger partial charge in [-0.1, -0.05) is 0 Å². The molecule has 0 aliphatic carbocycles. The topological polar surface area (TPSA) is 66.0 Å². The van der Waals surface area contributed by atoms with Gasteiger partial charge < -0.3 is 24.3 Å². The van der Waals surface area contributed by atoms with Gasteiger partial charge in [0.1, 0.15) is 6.10 Å². The lowest BCUT2D eigenvalue weighted by Gasteiger charge is -2.17. The Morgan fingerprint density at radius 2 is 2.15 bits per heavy atom. The maximum Gasteiger partial charge on any atom is 0.251 e. The van der Waals surface area contributed by atoms with Gasteiger partial charge in [0.05, 0.1) is 6.61 Å². The molecule has 1 saturated heterocycles. The molecule has 0 spiro atoms. The molecule has 0 radical (unpaired) electrons. The first-order chi connectivity index (χ1) is 9.53. The highest BCUT2D eigenvalue weighted by molar-refractivity contribution is 5.94. The van der Waals surface area contributed by atoms with Gasteiger partial charge in [0.2, 0.25) is 6.79 Å². The minimum absolute atomic E-state index is 0.122. The van der Waals surface area contributed by atoms with Crippen LogP contribution in [0.15, 0.2) is 18.2 Å². The van der Waals surface area contributed by atoms with E-state index in [1.807, 2.05) is 13.8 Å². The van der Waals surface area contributed by atoms with Crippen LogP contribution in [0.2, 0.25) is 0 Å². The summed E-state index contributed by atoms with van der Waals surface area (Å²) in [6.07, 6.45) is -0.122. The zero-order chi connectivity index (χ0) is 14.2. The number of nitrogens with one attached hydrogen (secondary N) is 1. The highest BCUT2D eigenvalue weighted by Gasteiger charge is 2.32. The molecule has 2 aliphatic heterocycles. The van der Waals surface area contributed by atoms with Crippen LogP contribution >= 0.6 is 0 Å². The molecule has 1 amide bonds. The zero-order valence-electron chi connectivity index (χ0n) is 11.5. The van der Waals surface area contributed by atoms with Crippen LogP contribution < -0.4 is 14.8 Å². The molecule has 0 aromatic heterocycles. The summed E-state index contributed by atoms with van der Waals surface area (Å²) >= 11 is 0. The molecule has 3 rings (SSSR count). The normalized spacial score (nSPS) is 22.8. The Kier molecular flexibility index (Phi) is 3.27. The van der Waals surface area contributed by atoms with Crippen LogP contribution in [0, 0.1) is 0 Å². The third kappa shape index (κ3) is 2.71. The third-order valence-corrected chi connectivity index (χ3v) is 3.19. The van der Waals surface area contributed by atoms with E-state index in [4.69, 9.17) is 18.9 Å². The third-order valence-electron chi connectivity index (χ3n) is 3.19. The lowest BCUT2D eigenvalue weighted by atomic mass is 10.2.